The van der Waals surface area contributed by atoms with Gasteiger partial charge < -0.3 is 0 Å². The highest BCUT2D eigenvalue weighted by molar-refractivity contribution is 7.13. The van der Waals surface area contributed by atoms with Crippen molar-refractivity contribution in [2.45, 2.75) is 26.4 Å². The normalized spacial score (nSPS) is 41.4. The van der Waals surface area contributed by atoms with E-state index < -0.39 is 0 Å². The minimum absolute atomic E-state index is 0.494. The Morgan fingerprint density at radius 3 is 2.04 bits per heavy atom. The molecule has 4 aliphatic rings. The smallest absolute Gasteiger partial charge is 0.0886 e. The van der Waals surface area contributed by atoms with E-state index >= 15 is 0 Å². The first-order valence-electron chi connectivity index (χ1n) is 8.66. The fourth-order valence-corrected chi connectivity index (χ4v) is 6.42. The van der Waals surface area contributed by atoms with Gasteiger partial charge >= 0.3 is 0 Å². The van der Waals surface area contributed by atoms with Gasteiger partial charge in [-0.1, -0.05) is 44.2 Å². The molecule has 5 heterocycles. The number of piperidine rings is 2. The van der Waals surface area contributed by atoms with Crippen molar-refractivity contribution in [1.82, 2.24) is 9.80 Å². The van der Waals surface area contributed by atoms with Gasteiger partial charge in [-0.2, -0.15) is 0 Å². The average Bonchev–Trinajstić information content (AvgIpc) is 2.98. The first-order valence-corrected chi connectivity index (χ1v) is 9.54. The Balaban J connectivity index is 1.47. The molecular weight excluding hydrogens is 300 g/mol. The average molecular weight is 324 g/mol. The Kier molecular flexibility index (Phi) is 2.89. The van der Waals surface area contributed by atoms with Crippen LogP contribution in [0.2, 0.25) is 0 Å². The largest absolute Gasteiger partial charge is 0.283 e. The minimum atomic E-state index is 0.494. The lowest BCUT2D eigenvalue weighted by Gasteiger charge is -2.66. The molecule has 0 spiro atoms. The van der Waals surface area contributed by atoms with Gasteiger partial charge in [-0.25, -0.2) is 0 Å². The van der Waals surface area contributed by atoms with Crippen molar-refractivity contribution in [3.05, 3.63) is 47.3 Å². The SMILES string of the molecule is CC12CN3CC(C)(CN(C1)C3c1ccc(-c3cccs3)cc1)C2. The lowest BCUT2D eigenvalue weighted by Crippen LogP contribution is -2.70. The van der Waals surface area contributed by atoms with Crippen LogP contribution in [0.4, 0.5) is 0 Å². The summed E-state index contributed by atoms with van der Waals surface area (Å²) in [6.45, 7) is 10.0. The summed E-state index contributed by atoms with van der Waals surface area (Å²) in [5.74, 6) is 0. The van der Waals surface area contributed by atoms with E-state index in [1.807, 2.05) is 11.3 Å². The molecule has 23 heavy (non-hydrogen) atoms. The Hall–Kier alpha value is -1.16. The van der Waals surface area contributed by atoms with E-state index in [1.54, 1.807) is 0 Å². The number of rotatable bonds is 2. The van der Waals surface area contributed by atoms with E-state index in [2.05, 4.69) is 65.4 Å². The van der Waals surface area contributed by atoms with Crippen LogP contribution in [0.25, 0.3) is 10.4 Å². The van der Waals surface area contributed by atoms with Gasteiger partial charge in [0.05, 0.1) is 6.17 Å². The maximum Gasteiger partial charge on any atom is 0.0886 e. The maximum atomic E-state index is 2.73. The predicted octanol–water partition coefficient (Wildman–Crippen LogP) is 4.46. The molecule has 0 aliphatic carbocycles. The van der Waals surface area contributed by atoms with E-state index in [0.717, 1.165) is 0 Å². The summed E-state index contributed by atoms with van der Waals surface area (Å²) in [4.78, 5) is 6.83. The summed E-state index contributed by atoms with van der Waals surface area (Å²) in [6, 6.07) is 13.6. The molecule has 2 aromatic rings. The van der Waals surface area contributed by atoms with Crippen LogP contribution in [0.3, 0.4) is 0 Å². The monoisotopic (exact) mass is 324 g/mol. The molecule has 120 valence electrons. The lowest BCUT2D eigenvalue weighted by atomic mass is 9.63. The highest BCUT2D eigenvalue weighted by Gasteiger charge is 2.56. The molecule has 1 aromatic heterocycles. The zero-order chi connectivity index (χ0) is 15.7. The summed E-state index contributed by atoms with van der Waals surface area (Å²) in [5.41, 5.74) is 3.81. The van der Waals surface area contributed by atoms with E-state index in [0.29, 0.717) is 17.0 Å². The van der Waals surface area contributed by atoms with Crippen LogP contribution < -0.4 is 0 Å². The number of nitrogens with zero attached hydrogens (tertiary/aromatic N) is 2. The quantitative estimate of drug-likeness (QED) is 0.804. The van der Waals surface area contributed by atoms with Crippen LogP contribution in [0, 0.1) is 10.8 Å². The fourth-order valence-electron chi connectivity index (χ4n) is 5.69. The molecule has 3 heteroatoms. The highest BCUT2D eigenvalue weighted by Crippen LogP contribution is 2.54. The first-order chi connectivity index (χ1) is 11.0. The lowest BCUT2D eigenvalue weighted by molar-refractivity contribution is -0.194. The van der Waals surface area contributed by atoms with Crippen LogP contribution in [0.5, 0.6) is 0 Å². The van der Waals surface area contributed by atoms with Gasteiger partial charge in [-0.15, -0.1) is 11.3 Å². The van der Waals surface area contributed by atoms with E-state index in [-0.39, 0.29) is 0 Å². The van der Waals surface area contributed by atoms with Gasteiger partial charge in [0.2, 0.25) is 0 Å². The van der Waals surface area contributed by atoms with Crippen molar-refractivity contribution in [3.63, 3.8) is 0 Å². The summed E-state index contributed by atoms with van der Waals surface area (Å²) < 4.78 is 0. The Bertz CT molecular complexity index is 683. The number of benzene rings is 1. The number of hydrogen-bond donors (Lipinski definition) is 0. The van der Waals surface area contributed by atoms with Crippen LogP contribution in [0.1, 0.15) is 32.0 Å². The standard InChI is InChI=1S/C20H24N2S/c1-19-10-20(2)13-21(11-19)18(22(12-19)14-20)16-7-5-15(6-8-16)17-4-3-9-23-17/h3-9,18H,10-14H2,1-2H3. The molecule has 4 saturated heterocycles. The van der Waals surface area contributed by atoms with Crippen molar-refractivity contribution in [1.29, 1.82) is 0 Å². The van der Waals surface area contributed by atoms with Gasteiger partial charge in [-0.05, 0) is 39.8 Å². The first kappa shape index (κ1) is 14.2. The maximum absolute atomic E-state index is 2.73. The van der Waals surface area contributed by atoms with Crippen LogP contribution in [-0.2, 0) is 0 Å². The molecule has 0 radical (unpaired) electrons. The van der Waals surface area contributed by atoms with Crippen LogP contribution >= 0.6 is 11.3 Å². The fraction of sp³-hybridized carbons (Fsp3) is 0.500. The Morgan fingerprint density at radius 2 is 1.52 bits per heavy atom. The van der Waals surface area contributed by atoms with Crippen molar-refractivity contribution < 1.29 is 0 Å². The topological polar surface area (TPSA) is 6.48 Å². The summed E-state index contributed by atoms with van der Waals surface area (Å²) in [6.07, 6.45) is 1.89. The molecule has 4 bridgehead atoms. The van der Waals surface area contributed by atoms with Gasteiger partial charge in [0, 0.05) is 31.1 Å². The molecule has 4 aliphatic heterocycles. The van der Waals surface area contributed by atoms with E-state index in [9.17, 15) is 0 Å². The van der Waals surface area contributed by atoms with Crippen molar-refractivity contribution in [3.8, 4) is 10.4 Å². The number of thiophene rings is 1. The molecule has 0 unspecified atom stereocenters. The third kappa shape index (κ3) is 2.21. The van der Waals surface area contributed by atoms with Crippen molar-refractivity contribution in [2.24, 2.45) is 10.8 Å². The molecule has 0 saturated carbocycles. The summed E-state index contributed by atoms with van der Waals surface area (Å²) in [7, 11) is 0. The third-order valence-corrected chi connectivity index (χ3v) is 6.82. The summed E-state index contributed by atoms with van der Waals surface area (Å²) >= 11 is 1.82. The predicted molar refractivity (Wildman–Crippen MR) is 96.5 cm³/mol. The third-order valence-electron chi connectivity index (χ3n) is 5.90. The Morgan fingerprint density at radius 1 is 0.913 bits per heavy atom. The second kappa shape index (κ2) is 4.69. The number of hydrogen-bond acceptors (Lipinski definition) is 3. The van der Waals surface area contributed by atoms with Crippen LogP contribution in [0.15, 0.2) is 41.8 Å². The zero-order valence-electron chi connectivity index (χ0n) is 14.0. The molecule has 1 aromatic carbocycles. The van der Waals surface area contributed by atoms with Crippen LogP contribution in [-0.4, -0.2) is 36.0 Å². The second-order valence-electron chi connectivity index (χ2n) is 8.58. The van der Waals surface area contributed by atoms with Crippen molar-refractivity contribution >= 4 is 11.3 Å². The van der Waals surface area contributed by atoms with Gasteiger partial charge in [0.25, 0.3) is 0 Å². The molecule has 2 nitrogen and oxygen atoms in total. The second-order valence-corrected chi connectivity index (χ2v) is 9.53. The summed E-state index contributed by atoms with van der Waals surface area (Å²) in [5, 5.41) is 2.15. The molecule has 0 N–H and O–H groups in total. The van der Waals surface area contributed by atoms with E-state index in [4.69, 9.17) is 0 Å². The van der Waals surface area contributed by atoms with Gasteiger partial charge in [0.15, 0.2) is 0 Å². The Labute approximate surface area is 142 Å². The van der Waals surface area contributed by atoms with Gasteiger partial charge in [-0.3, -0.25) is 9.80 Å². The minimum Gasteiger partial charge on any atom is -0.283 e. The van der Waals surface area contributed by atoms with Gasteiger partial charge in [0.1, 0.15) is 0 Å². The van der Waals surface area contributed by atoms with E-state index in [1.165, 1.54) is 48.6 Å². The molecular formula is C20H24N2S. The molecule has 6 rings (SSSR count). The molecule has 0 atom stereocenters. The zero-order valence-corrected chi connectivity index (χ0v) is 14.8. The molecule has 0 amide bonds. The molecule has 4 fully saturated rings. The highest BCUT2D eigenvalue weighted by atomic mass is 32.1. The van der Waals surface area contributed by atoms with Crippen molar-refractivity contribution in [2.75, 3.05) is 26.2 Å².